The summed E-state index contributed by atoms with van der Waals surface area (Å²) in [6.07, 6.45) is 1.73. The summed E-state index contributed by atoms with van der Waals surface area (Å²) >= 11 is 1.89. The molecule has 2 aromatic heterocycles. The Morgan fingerprint density at radius 1 is 1.14 bits per heavy atom. The van der Waals surface area contributed by atoms with Gasteiger partial charge in [-0.2, -0.15) is 0 Å². The molecule has 0 aliphatic carbocycles. The second kappa shape index (κ2) is 6.43. The SMILES string of the molecule is CNCc1sc2ccccc2c1CN(C)Cc1ccco1. The number of hydrogen-bond donors (Lipinski definition) is 1. The normalized spacial score (nSPS) is 11.6. The number of fused-ring (bicyclic) bond motifs is 1. The van der Waals surface area contributed by atoms with Gasteiger partial charge in [0.05, 0.1) is 12.8 Å². The highest BCUT2D eigenvalue weighted by Crippen LogP contribution is 2.32. The lowest BCUT2D eigenvalue weighted by Crippen LogP contribution is -2.18. The van der Waals surface area contributed by atoms with E-state index in [0.717, 1.165) is 25.4 Å². The lowest BCUT2D eigenvalue weighted by Gasteiger charge is -2.16. The molecular formula is C17H20N2OS. The highest BCUT2D eigenvalue weighted by atomic mass is 32.1. The minimum absolute atomic E-state index is 0.830. The maximum atomic E-state index is 5.44. The van der Waals surface area contributed by atoms with Crippen molar-refractivity contribution in [1.82, 2.24) is 10.2 Å². The summed E-state index contributed by atoms with van der Waals surface area (Å²) in [4.78, 5) is 3.72. The Labute approximate surface area is 129 Å². The number of rotatable bonds is 6. The van der Waals surface area contributed by atoms with Crippen LogP contribution in [0.2, 0.25) is 0 Å². The lowest BCUT2D eigenvalue weighted by atomic mass is 10.1. The molecule has 0 radical (unpaired) electrons. The second-order valence-electron chi connectivity index (χ2n) is 5.28. The van der Waals surface area contributed by atoms with E-state index in [1.165, 1.54) is 20.5 Å². The van der Waals surface area contributed by atoms with Gasteiger partial charge < -0.3 is 9.73 Å². The topological polar surface area (TPSA) is 28.4 Å². The first-order chi connectivity index (χ1) is 10.3. The summed E-state index contributed by atoms with van der Waals surface area (Å²) in [5.74, 6) is 1.01. The molecule has 1 aromatic carbocycles. The molecule has 0 bridgehead atoms. The Hall–Kier alpha value is -1.62. The van der Waals surface area contributed by atoms with Gasteiger partial charge in [0.15, 0.2) is 0 Å². The van der Waals surface area contributed by atoms with E-state index >= 15 is 0 Å². The molecule has 0 spiro atoms. The molecule has 110 valence electrons. The van der Waals surface area contributed by atoms with E-state index in [2.05, 4.69) is 41.5 Å². The minimum atomic E-state index is 0.830. The molecule has 4 heteroatoms. The van der Waals surface area contributed by atoms with Gasteiger partial charge >= 0.3 is 0 Å². The van der Waals surface area contributed by atoms with Gasteiger partial charge in [-0.25, -0.2) is 0 Å². The summed E-state index contributed by atoms with van der Waals surface area (Å²) in [6.45, 7) is 2.68. The summed E-state index contributed by atoms with van der Waals surface area (Å²) in [5, 5.41) is 4.65. The van der Waals surface area contributed by atoms with Crippen molar-refractivity contribution < 1.29 is 4.42 Å². The van der Waals surface area contributed by atoms with Gasteiger partial charge in [-0.1, -0.05) is 18.2 Å². The minimum Gasteiger partial charge on any atom is -0.468 e. The van der Waals surface area contributed by atoms with Crippen molar-refractivity contribution in [3.63, 3.8) is 0 Å². The molecule has 2 heterocycles. The van der Waals surface area contributed by atoms with Crippen LogP contribution in [0.25, 0.3) is 10.1 Å². The van der Waals surface area contributed by atoms with Crippen LogP contribution < -0.4 is 5.32 Å². The van der Waals surface area contributed by atoms with Crippen molar-refractivity contribution in [2.75, 3.05) is 14.1 Å². The lowest BCUT2D eigenvalue weighted by molar-refractivity contribution is 0.288. The largest absolute Gasteiger partial charge is 0.468 e. The van der Waals surface area contributed by atoms with Crippen LogP contribution in [0.5, 0.6) is 0 Å². The van der Waals surface area contributed by atoms with E-state index in [0.29, 0.717) is 0 Å². The Balaban J connectivity index is 1.85. The molecule has 0 saturated carbocycles. The third kappa shape index (κ3) is 3.18. The molecule has 3 nitrogen and oxygen atoms in total. The molecule has 0 aliphatic rings. The van der Waals surface area contributed by atoms with Crippen LogP contribution in [-0.4, -0.2) is 19.0 Å². The fraction of sp³-hybridized carbons (Fsp3) is 0.294. The van der Waals surface area contributed by atoms with Crippen molar-refractivity contribution in [2.45, 2.75) is 19.6 Å². The molecule has 0 fully saturated rings. The van der Waals surface area contributed by atoms with Crippen LogP contribution in [0, 0.1) is 0 Å². The molecule has 0 aliphatic heterocycles. The predicted molar refractivity (Wildman–Crippen MR) is 88.5 cm³/mol. The zero-order valence-electron chi connectivity index (χ0n) is 12.4. The Morgan fingerprint density at radius 3 is 2.76 bits per heavy atom. The fourth-order valence-electron chi connectivity index (χ4n) is 2.62. The summed E-state index contributed by atoms with van der Waals surface area (Å²) in [7, 11) is 4.14. The number of nitrogens with one attached hydrogen (secondary N) is 1. The highest BCUT2D eigenvalue weighted by Gasteiger charge is 2.13. The van der Waals surface area contributed by atoms with Crippen LogP contribution in [0.15, 0.2) is 47.1 Å². The van der Waals surface area contributed by atoms with Crippen molar-refractivity contribution in [3.05, 3.63) is 58.9 Å². The number of thiophene rings is 1. The summed E-state index contributed by atoms with van der Waals surface area (Å²) in [5.41, 5.74) is 1.43. The van der Waals surface area contributed by atoms with Crippen molar-refractivity contribution in [3.8, 4) is 0 Å². The van der Waals surface area contributed by atoms with Crippen LogP contribution in [-0.2, 0) is 19.6 Å². The van der Waals surface area contributed by atoms with Crippen molar-refractivity contribution >= 4 is 21.4 Å². The number of nitrogens with zero attached hydrogens (tertiary/aromatic N) is 1. The van der Waals surface area contributed by atoms with Crippen molar-refractivity contribution in [2.24, 2.45) is 0 Å². The maximum absolute atomic E-state index is 5.44. The average Bonchev–Trinajstić information content (AvgIpc) is 3.08. The van der Waals surface area contributed by atoms with Crippen LogP contribution in [0.3, 0.4) is 0 Å². The summed E-state index contributed by atoms with van der Waals surface area (Å²) < 4.78 is 6.80. The van der Waals surface area contributed by atoms with E-state index in [-0.39, 0.29) is 0 Å². The van der Waals surface area contributed by atoms with Crippen LogP contribution in [0.1, 0.15) is 16.2 Å². The van der Waals surface area contributed by atoms with Gasteiger partial charge in [0.1, 0.15) is 5.76 Å². The van der Waals surface area contributed by atoms with Gasteiger partial charge in [0.25, 0.3) is 0 Å². The third-order valence-corrected chi connectivity index (χ3v) is 4.77. The van der Waals surface area contributed by atoms with E-state index < -0.39 is 0 Å². The average molecular weight is 300 g/mol. The standard InChI is InChI=1S/C17H20N2OS/c1-18-10-17-15(14-7-3-4-8-16(14)21-17)12-19(2)11-13-6-5-9-20-13/h3-9,18H,10-12H2,1-2H3. The Morgan fingerprint density at radius 2 is 2.00 bits per heavy atom. The van der Waals surface area contributed by atoms with E-state index in [1.807, 2.05) is 30.5 Å². The molecule has 3 rings (SSSR count). The molecule has 0 atom stereocenters. The van der Waals surface area contributed by atoms with E-state index in [1.54, 1.807) is 6.26 Å². The Bertz CT molecular complexity index is 703. The molecule has 0 unspecified atom stereocenters. The Kier molecular flexibility index (Phi) is 4.39. The zero-order valence-corrected chi connectivity index (χ0v) is 13.2. The van der Waals surface area contributed by atoms with Crippen LogP contribution in [0.4, 0.5) is 0 Å². The van der Waals surface area contributed by atoms with Gasteiger partial charge in [0, 0.05) is 22.7 Å². The van der Waals surface area contributed by atoms with Gasteiger partial charge in [0.2, 0.25) is 0 Å². The molecule has 0 saturated heterocycles. The number of hydrogen-bond acceptors (Lipinski definition) is 4. The molecule has 1 N–H and O–H groups in total. The summed E-state index contributed by atoms with van der Waals surface area (Å²) in [6, 6.07) is 12.6. The van der Waals surface area contributed by atoms with Crippen LogP contribution >= 0.6 is 11.3 Å². The monoisotopic (exact) mass is 300 g/mol. The second-order valence-corrected chi connectivity index (χ2v) is 6.42. The van der Waals surface area contributed by atoms with E-state index in [4.69, 9.17) is 4.42 Å². The van der Waals surface area contributed by atoms with Gasteiger partial charge in [-0.15, -0.1) is 11.3 Å². The maximum Gasteiger partial charge on any atom is 0.117 e. The first kappa shape index (κ1) is 14.3. The van der Waals surface area contributed by atoms with Gasteiger partial charge in [-0.05, 0) is 43.2 Å². The smallest absolute Gasteiger partial charge is 0.117 e. The van der Waals surface area contributed by atoms with E-state index in [9.17, 15) is 0 Å². The van der Waals surface area contributed by atoms with Gasteiger partial charge in [-0.3, -0.25) is 4.90 Å². The highest BCUT2D eigenvalue weighted by molar-refractivity contribution is 7.19. The quantitative estimate of drug-likeness (QED) is 0.749. The molecule has 21 heavy (non-hydrogen) atoms. The first-order valence-corrected chi connectivity index (χ1v) is 7.94. The number of furan rings is 1. The fourth-order valence-corrected chi connectivity index (χ4v) is 3.85. The number of benzene rings is 1. The zero-order chi connectivity index (χ0) is 14.7. The predicted octanol–water partition coefficient (Wildman–Crippen LogP) is 3.85. The third-order valence-electron chi connectivity index (χ3n) is 3.55. The molecule has 3 aromatic rings. The first-order valence-electron chi connectivity index (χ1n) is 7.12. The molecular weight excluding hydrogens is 280 g/mol. The van der Waals surface area contributed by atoms with Crippen molar-refractivity contribution in [1.29, 1.82) is 0 Å². The molecule has 0 amide bonds.